The number of nitrogens with one attached hydrogen (secondary N) is 1. The van der Waals surface area contributed by atoms with Gasteiger partial charge in [-0.25, -0.2) is 4.68 Å². The molecular weight excluding hydrogens is 314 g/mol. The van der Waals surface area contributed by atoms with Gasteiger partial charge in [0.1, 0.15) is 6.54 Å². The Morgan fingerprint density at radius 3 is 2.78 bits per heavy atom. The van der Waals surface area contributed by atoms with Gasteiger partial charge in [0.2, 0.25) is 5.91 Å². The molecule has 1 aromatic heterocycles. The summed E-state index contributed by atoms with van der Waals surface area (Å²) >= 11 is 6.13. The second kappa shape index (κ2) is 6.54. The number of hydrogen-bond donors (Lipinski definition) is 1. The number of halogens is 1. The van der Waals surface area contributed by atoms with Crippen LogP contribution in [-0.2, 0) is 11.3 Å². The largest absolute Gasteiger partial charge is 0.348 e. The third kappa shape index (κ3) is 3.79. The summed E-state index contributed by atoms with van der Waals surface area (Å²) in [6.07, 6.45) is 2.20. The molecule has 0 spiro atoms. The van der Waals surface area contributed by atoms with E-state index in [0.717, 1.165) is 24.1 Å². The SMILES string of the molecule is CC(NC(=O)Cn1nc(C2CC2)ccc1=O)c1ccccc1Cl. The van der Waals surface area contributed by atoms with Crippen LogP contribution in [0.4, 0.5) is 0 Å². The van der Waals surface area contributed by atoms with E-state index in [1.165, 1.54) is 10.7 Å². The molecule has 1 aliphatic rings. The maximum atomic E-state index is 12.2. The summed E-state index contributed by atoms with van der Waals surface area (Å²) in [7, 11) is 0. The summed E-state index contributed by atoms with van der Waals surface area (Å²) < 4.78 is 1.22. The number of hydrogen-bond acceptors (Lipinski definition) is 3. The summed E-state index contributed by atoms with van der Waals surface area (Å²) in [6.45, 7) is 1.77. The van der Waals surface area contributed by atoms with Crippen molar-refractivity contribution < 1.29 is 4.79 Å². The first-order chi connectivity index (χ1) is 11.0. The van der Waals surface area contributed by atoms with Gasteiger partial charge in [0, 0.05) is 17.0 Å². The Kier molecular flexibility index (Phi) is 4.48. The van der Waals surface area contributed by atoms with Crippen molar-refractivity contribution in [2.24, 2.45) is 0 Å². The quantitative estimate of drug-likeness (QED) is 0.916. The van der Waals surface area contributed by atoms with Crippen molar-refractivity contribution >= 4 is 17.5 Å². The van der Waals surface area contributed by atoms with Crippen LogP contribution in [0.25, 0.3) is 0 Å². The lowest BCUT2D eigenvalue weighted by atomic mass is 10.1. The van der Waals surface area contributed by atoms with Crippen LogP contribution in [0.5, 0.6) is 0 Å². The van der Waals surface area contributed by atoms with Crippen LogP contribution in [0.1, 0.15) is 43.0 Å². The smallest absolute Gasteiger partial charge is 0.267 e. The summed E-state index contributed by atoms with van der Waals surface area (Å²) in [5.74, 6) is 0.173. The maximum Gasteiger partial charge on any atom is 0.267 e. The normalized spacial score (nSPS) is 15.2. The van der Waals surface area contributed by atoms with Gasteiger partial charge < -0.3 is 5.32 Å². The molecule has 23 heavy (non-hydrogen) atoms. The van der Waals surface area contributed by atoms with E-state index in [0.29, 0.717) is 10.9 Å². The van der Waals surface area contributed by atoms with Crippen LogP contribution in [0, 0.1) is 0 Å². The molecular formula is C17H18ClN3O2. The van der Waals surface area contributed by atoms with Crippen molar-refractivity contribution in [3.8, 4) is 0 Å². The highest BCUT2D eigenvalue weighted by molar-refractivity contribution is 6.31. The average Bonchev–Trinajstić information content (AvgIpc) is 3.34. The number of amides is 1. The standard InChI is InChI=1S/C17H18ClN3O2/c1-11(13-4-2-3-5-14(13)18)19-16(22)10-21-17(23)9-8-15(20-21)12-6-7-12/h2-5,8-9,11-12H,6-7,10H2,1H3,(H,19,22). The van der Waals surface area contributed by atoms with Crippen LogP contribution in [-0.4, -0.2) is 15.7 Å². The molecule has 0 aliphatic heterocycles. The third-order valence-corrected chi connectivity index (χ3v) is 4.27. The number of nitrogens with zero attached hydrogens (tertiary/aromatic N) is 2. The predicted molar refractivity (Wildman–Crippen MR) is 88.5 cm³/mol. The number of carbonyl (C=O) groups is 1. The fourth-order valence-electron chi connectivity index (χ4n) is 2.50. The Hall–Kier alpha value is -2.14. The van der Waals surface area contributed by atoms with Gasteiger partial charge in [0.25, 0.3) is 5.56 Å². The van der Waals surface area contributed by atoms with Gasteiger partial charge in [-0.3, -0.25) is 9.59 Å². The van der Waals surface area contributed by atoms with Crippen molar-refractivity contribution in [1.82, 2.24) is 15.1 Å². The van der Waals surface area contributed by atoms with E-state index in [1.807, 2.05) is 25.1 Å². The number of aromatic nitrogens is 2. The van der Waals surface area contributed by atoms with Crippen LogP contribution >= 0.6 is 11.6 Å². The molecule has 1 heterocycles. The summed E-state index contributed by atoms with van der Waals surface area (Å²) in [4.78, 5) is 24.1. The molecule has 6 heteroatoms. The van der Waals surface area contributed by atoms with Gasteiger partial charge in [0.05, 0.1) is 11.7 Å². The maximum absolute atomic E-state index is 12.2. The van der Waals surface area contributed by atoms with E-state index in [9.17, 15) is 9.59 Å². The molecule has 0 bridgehead atoms. The molecule has 1 aliphatic carbocycles. The molecule has 1 aromatic carbocycles. The van der Waals surface area contributed by atoms with Gasteiger partial charge >= 0.3 is 0 Å². The minimum atomic E-state index is -0.269. The van der Waals surface area contributed by atoms with Crippen LogP contribution in [0.15, 0.2) is 41.2 Å². The Labute approximate surface area is 139 Å². The van der Waals surface area contributed by atoms with Crippen molar-refractivity contribution in [3.05, 3.63) is 63.0 Å². The molecule has 1 unspecified atom stereocenters. The molecule has 1 atom stereocenters. The lowest BCUT2D eigenvalue weighted by Gasteiger charge is -2.16. The molecule has 0 saturated heterocycles. The molecule has 1 saturated carbocycles. The highest BCUT2D eigenvalue weighted by Gasteiger charge is 2.25. The minimum Gasteiger partial charge on any atom is -0.348 e. The highest BCUT2D eigenvalue weighted by Crippen LogP contribution is 2.38. The molecule has 2 aromatic rings. The fourth-order valence-corrected chi connectivity index (χ4v) is 2.80. The molecule has 3 rings (SSSR count). The molecule has 120 valence electrons. The summed E-state index contributed by atoms with van der Waals surface area (Å²) in [5, 5.41) is 7.75. The first-order valence-corrected chi connectivity index (χ1v) is 8.04. The average molecular weight is 332 g/mol. The Morgan fingerprint density at radius 1 is 1.35 bits per heavy atom. The minimum absolute atomic E-state index is 0.0891. The van der Waals surface area contributed by atoms with E-state index in [2.05, 4.69) is 10.4 Å². The second-order valence-electron chi connectivity index (χ2n) is 5.84. The van der Waals surface area contributed by atoms with E-state index >= 15 is 0 Å². The van der Waals surface area contributed by atoms with Gasteiger partial charge in [0.15, 0.2) is 0 Å². The van der Waals surface area contributed by atoms with E-state index < -0.39 is 0 Å². The van der Waals surface area contributed by atoms with E-state index in [1.54, 1.807) is 12.1 Å². The Balaban J connectivity index is 1.69. The highest BCUT2D eigenvalue weighted by atomic mass is 35.5. The van der Waals surface area contributed by atoms with Crippen molar-refractivity contribution in [2.75, 3.05) is 0 Å². The Bertz CT molecular complexity index is 783. The zero-order valence-electron chi connectivity index (χ0n) is 12.8. The second-order valence-corrected chi connectivity index (χ2v) is 6.25. The van der Waals surface area contributed by atoms with E-state index in [-0.39, 0.29) is 24.1 Å². The topological polar surface area (TPSA) is 64.0 Å². The Morgan fingerprint density at radius 2 is 2.09 bits per heavy atom. The van der Waals surface area contributed by atoms with Crippen LogP contribution < -0.4 is 10.9 Å². The fraction of sp³-hybridized carbons (Fsp3) is 0.353. The molecule has 1 fully saturated rings. The van der Waals surface area contributed by atoms with Crippen LogP contribution in [0.2, 0.25) is 5.02 Å². The van der Waals surface area contributed by atoms with Gasteiger partial charge in [-0.2, -0.15) is 5.10 Å². The first-order valence-electron chi connectivity index (χ1n) is 7.66. The molecule has 0 radical (unpaired) electrons. The van der Waals surface area contributed by atoms with E-state index in [4.69, 9.17) is 11.6 Å². The third-order valence-electron chi connectivity index (χ3n) is 3.93. The van der Waals surface area contributed by atoms with Gasteiger partial charge in [-0.15, -0.1) is 0 Å². The van der Waals surface area contributed by atoms with Crippen LogP contribution in [0.3, 0.4) is 0 Å². The first kappa shape index (κ1) is 15.7. The number of benzene rings is 1. The predicted octanol–water partition coefficient (Wildman–Crippen LogP) is 2.65. The lowest BCUT2D eigenvalue weighted by Crippen LogP contribution is -2.35. The van der Waals surface area contributed by atoms with Gasteiger partial charge in [-0.1, -0.05) is 29.8 Å². The van der Waals surface area contributed by atoms with Crippen molar-refractivity contribution in [1.29, 1.82) is 0 Å². The molecule has 1 amide bonds. The summed E-state index contributed by atoms with van der Waals surface area (Å²) in [6, 6.07) is 10.4. The zero-order chi connectivity index (χ0) is 16.4. The number of rotatable bonds is 5. The number of carbonyl (C=O) groups excluding carboxylic acids is 1. The molecule has 5 nitrogen and oxygen atoms in total. The van der Waals surface area contributed by atoms with Crippen molar-refractivity contribution in [2.45, 2.75) is 38.3 Å². The lowest BCUT2D eigenvalue weighted by molar-refractivity contribution is -0.122. The molecule has 1 N–H and O–H groups in total. The zero-order valence-corrected chi connectivity index (χ0v) is 13.6. The summed E-state index contributed by atoms with van der Waals surface area (Å²) in [5.41, 5.74) is 1.46. The van der Waals surface area contributed by atoms with Gasteiger partial charge in [-0.05, 0) is 37.5 Å². The monoisotopic (exact) mass is 331 g/mol. The van der Waals surface area contributed by atoms with Crippen molar-refractivity contribution in [3.63, 3.8) is 0 Å².